The maximum absolute atomic E-state index is 5.96. The fourth-order valence-corrected chi connectivity index (χ4v) is 2.35. The lowest BCUT2D eigenvalue weighted by atomic mass is 9.64. The topological polar surface area (TPSA) is 30.5 Å². The highest BCUT2D eigenvalue weighted by Crippen LogP contribution is 2.42. The highest BCUT2D eigenvalue weighted by atomic mass is 16.5. The summed E-state index contributed by atoms with van der Waals surface area (Å²) in [6.45, 7) is 15.7. The van der Waals surface area contributed by atoms with Crippen molar-refractivity contribution in [1.82, 2.24) is 5.32 Å². The molecule has 1 rings (SSSR count). The summed E-state index contributed by atoms with van der Waals surface area (Å²) in [5.41, 5.74) is 0.243. The van der Waals surface area contributed by atoms with Crippen molar-refractivity contribution < 1.29 is 9.47 Å². The highest BCUT2D eigenvalue weighted by molar-refractivity contribution is 5.02. The van der Waals surface area contributed by atoms with Crippen LogP contribution in [0.5, 0.6) is 0 Å². The fourth-order valence-electron chi connectivity index (χ4n) is 2.35. The number of nitrogens with one attached hydrogen (secondary N) is 1. The molecule has 2 unspecified atom stereocenters. The van der Waals surface area contributed by atoms with E-state index in [2.05, 4.69) is 46.9 Å². The quantitative estimate of drug-likeness (QED) is 0.678. The predicted octanol–water partition coefficient (Wildman–Crippen LogP) is 2.84. The van der Waals surface area contributed by atoms with Crippen LogP contribution in [0.25, 0.3) is 0 Å². The molecule has 108 valence electrons. The molecule has 1 saturated carbocycles. The second-order valence-electron chi connectivity index (χ2n) is 6.70. The van der Waals surface area contributed by atoms with Crippen LogP contribution in [0.2, 0.25) is 0 Å². The van der Waals surface area contributed by atoms with Crippen LogP contribution in [0.3, 0.4) is 0 Å². The van der Waals surface area contributed by atoms with E-state index in [4.69, 9.17) is 9.47 Å². The van der Waals surface area contributed by atoms with Crippen LogP contribution in [0.4, 0.5) is 0 Å². The molecule has 0 aromatic heterocycles. The largest absolute Gasteiger partial charge is 0.377 e. The molecule has 1 aliphatic carbocycles. The number of hydrogen-bond donors (Lipinski definition) is 1. The van der Waals surface area contributed by atoms with Gasteiger partial charge in [-0.05, 0) is 26.2 Å². The molecule has 1 N–H and O–H groups in total. The monoisotopic (exact) mass is 257 g/mol. The molecular weight excluding hydrogens is 226 g/mol. The first-order chi connectivity index (χ1) is 8.34. The standard InChI is InChI=1S/C15H31NO2/c1-11(2)10-18-14-9-13(15(14,5)6)16-7-8-17-12(3)4/h11-14,16H,7-10H2,1-6H3. The zero-order chi connectivity index (χ0) is 13.8. The van der Waals surface area contributed by atoms with E-state index >= 15 is 0 Å². The van der Waals surface area contributed by atoms with E-state index in [0.29, 0.717) is 24.2 Å². The minimum atomic E-state index is 0.243. The summed E-state index contributed by atoms with van der Waals surface area (Å²) in [5.74, 6) is 0.618. The van der Waals surface area contributed by atoms with E-state index in [-0.39, 0.29) is 5.41 Å². The van der Waals surface area contributed by atoms with Crippen LogP contribution in [-0.4, -0.2) is 38.0 Å². The van der Waals surface area contributed by atoms with Crippen LogP contribution in [0.15, 0.2) is 0 Å². The number of ether oxygens (including phenoxy) is 2. The molecule has 3 heteroatoms. The first kappa shape index (κ1) is 15.9. The molecule has 0 amide bonds. The van der Waals surface area contributed by atoms with Crippen molar-refractivity contribution in [3.05, 3.63) is 0 Å². The van der Waals surface area contributed by atoms with Gasteiger partial charge in [0.15, 0.2) is 0 Å². The summed E-state index contributed by atoms with van der Waals surface area (Å²) in [4.78, 5) is 0. The van der Waals surface area contributed by atoms with Gasteiger partial charge in [0, 0.05) is 24.6 Å². The van der Waals surface area contributed by atoms with Gasteiger partial charge >= 0.3 is 0 Å². The molecule has 0 bridgehead atoms. The highest BCUT2D eigenvalue weighted by Gasteiger charge is 2.48. The summed E-state index contributed by atoms with van der Waals surface area (Å²) in [6, 6.07) is 0.561. The van der Waals surface area contributed by atoms with Crippen molar-refractivity contribution in [2.45, 2.75) is 66.2 Å². The molecule has 0 saturated heterocycles. The maximum atomic E-state index is 5.96. The molecule has 0 aromatic rings. The summed E-state index contributed by atoms with van der Waals surface area (Å²) < 4.78 is 11.5. The molecule has 0 heterocycles. The van der Waals surface area contributed by atoms with Crippen molar-refractivity contribution in [3.63, 3.8) is 0 Å². The van der Waals surface area contributed by atoms with Crippen molar-refractivity contribution in [3.8, 4) is 0 Å². The summed E-state index contributed by atoms with van der Waals surface area (Å²) in [5, 5.41) is 3.58. The SMILES string of the molecule is CC(C)COC1CC(NCCOC(C)C)C1(C)C. The van der Waals surface area contributed by atoms with Gasteiger partial charge in [-0.15, -0.1) is 0 Å². The third kappa shape index (κ3) is 4.52. The molecule has 1 fully saturated rings. The van der Waals surface area contributed by atoms with Crippen molar-refractivity contribution >= 4 is 0 Å². The zero-order valence-corrected chi connectivity index (χ0v) is 13.0. The second-order valence-corrected chi connectivity index (χ2v) is 6.70. The Labute approximate surface area is 113 Å². The van der Waals surface area contributed by atoms with Crippen molar-refractivity contribution in [2.24, 2.45) is 11.3 Å². The maximum Gasteiger partial charge on any atom is 0.0656 e. The Kier molecular flexibility index (Phi) is 6.09. The van der Waals surface area contributed by atoms with Gasteiger partial charge in [0.25, 0.3) is 0 Å². The summed E-state index contributed by atoms with van der Waals surface area (Å²) in [6.07, 6.45) is 1.85. The average Bonchev–Trinajstić information content (AvgIpc) is 2.25. The lowest BCUT2D eigenvalue weighted by Crippen LogP contribution is -2.61. The summed E-state index contributed by atoms with van der Waals surface area (Å²) >= 11 is 0. The Balaban J connectivity index is 2.18. The minimum Gasteiger partial charge on any atom is -0.377 e. The third-order valence-corrected chi connectivity index (χ3v) is 3.75. The normalized spacial score (nSPS) is 26.7. The molecular formula is C15H31NO2. The van der Waals surface area contributed by atoms with E-state index in [1.165, 1.54) is 0 Å². The van der Waals surface area contributed by atoms with E-state index in [1.807, 2.05) is 0 Å². The lowest BCUT2D eigenvalue weighted by molar-refractivity contribution is -0.124. The molecule has 0 radical (unpaired) electrons. The van der Waals surface area contributed by atoms with Crippen molar-refractivity contribution in [1.29, 1.82) is 0 Å². The Morgan fingerprint density at radius 3 is 2.39 bits per heavy atom. The van der Waals surface area contributed by atoms with Gasteiger partial charge in [0.2, 0.25) is 0 Å². The van der Waals surface area contributed by atoms with Gasteiger partial charge in [-0.25, -0.2) is 0 Å². The fraction of sp³-hybridized carbons (Fsp3) is 1.00. The number of rotatable bonds is 8. The molecule has 18 heavy (non-hydrogen) atoms. The van der Waals surface area contributed by atoms with E-state index in [9.17, 15) is 0 Å². The zero-order valence-electron chi connectivity index (χ0n) is 13.0. The average molecular weight is 257 g/mol. The Morgan fingerprint density at radius 2 is 1.89 bits per heavy atom. The van der Waals surface area contributed by atoms with Crippen LogP contribution in [0.1, 0.15) is 48.0 Å². The molecule has 0 aliphatic heterocycles. The Morgan fingerprint density at radius 1 is 1.22 bits per heavy atom. The van der Waals surface area contributed by atoms with Crippen molar-refractivity contribution in [2.75, 3.05) is 19.8 Å². The van der Waals surface area contributed by atoms with Crippen LogP contribution in [-0.2, 0) is 9.47 Å². The molecule has 0 spiro atoms. The molecule has 3 nitrogen and oxygen atoms in total. The van der Waals surface area contributed by atoms with Crippen LogP contribution >= 0.6 is 0 Å². The first-order valence-corrected chi connectivity index (χ1v) is 7.30. The van der Waals surface area contributed by atoms with Gasteiger partial charge < -0.3 is 14.8 Å². The Bertz CT molecular complexity index is 237. The number of hydrogen-bond acceptors (Lipinski definition) is 3. The van der Waals surface area contributed by atoms with E-state index in [1.54, 1.807) is 0 Å². The summed E-state index contributed by atoms with van der Waals surface area (Å²) in [7, 11) is 0. The van der Waals surface area contributed by atoms with Gasteiger partial charge in [-0.3, -0.25) is 0 Å². The van der Waals surface area contributed by atoms with Gasteiger partial charge in [-0.2, -0.15) is 0 Å². The van der Waals surface area contributed by atoms with Gasteiger partial charge in [-0.1, -0.05) is 27.7 Å². The molecule has 1 aliphatic rings. The van der Waals surface area contributed by atoms with Gasteiger partial charge in [0.1, 0.15) is 0 Å². The second kappa shape index (κ2) is 6.88. The lowest BCUT2D eigenvalue weighted by Gasteiger charge is -2.52. The van der Waals surface area contributed by atoms with Gasteiger partial charge in [0.05, 0.1) is 18.8 Å². The minimum absolute atomic E-state index is 0.243. The molecule has 0 aromatic carbocycles. The molecule has 2 atom stereocenters. The van der Waals surface area contributed by atoms with E-state index < -0.39 is 0 Å². The Hall–Kier alpha value is -0.120. The first-order valence-electron chi connectivity index (χ1n) is 7.30. The van der Waals surface area contributed by atoms with Crippen LogP contribution in [0, 0.1) is 11.3 Å². The smallest absolute Gasteiger partial charge is 0.0656 e. The van der Waals surface area contributed by atoms with Crippen LogP contribution < -0.4 is 5.32 Å². The predicted molar refractivity (Wildman–Crippen MR) is 75.9 cm³/mol. The third-order valence-electron chi connectivity index (χ3n) is 3.75. The van der Waals surface area contributed by atoms with E-state index in [0.717, 1.165) is 26.2 Å².